The number of rotatable bonds is 2. The third-order valence-electron chi connectivity index (χ3n) is 1.45. The zero-order valence-corrected chi connectivity index (χ0v) is 6.84. The SMILES string of the molecule is [O]Cc1cc(Cl)ccc1C(=O)O. The van der Waals surface area contributed by atoms with Crippen LogP contribution in [0.5, 0.6) is 0 Å². The third kappa shape index (κ3) is 1.75. The number of hydrogen-bond acceptors (Lipinski definition) is 1. The molecule has 0 aliphatic rings. The van der Waals surface area contributed by atoms with Gasteiger partial charge in [0.2, 0.25) is 0 Å². The molecule has 1 aromatic rings. The van der Waals surface area contributed by atoms with E-state index >= 15 is 0 Å². The zero-order chi connectivity index (χ0) is 9.14. The van der Waals surface area contributed by atoms with E-state index in [0.29, 0.717) is 5.02 Å². The molecule has 0 saturated heterocycles. The molecular formula is C8H6ClO3. The molecule has 1 aromatic carbocycles. The lowest BCUT2D eigenvalue weighted by atomic mass is 10.1. The molecule has 0 aliphatic carbocycles. The lowest BCUT2D eigenvalue weighted by Gasteiger charge is -2.00. The molecule has 3 nitrogen and oxygen atoms in total. The summed E-state index contributed by atoms with van der Waals surface area (Å²) in [6.07, 6.45) is 0. The first-order valence-electron chi connectivity index (χ1n) is 3.25. The monoisotopic (exact) mass is 185 g/mol. The van der Waals surface area contributed by atoms with Crippen molar-refractivity contribution < 1.29 is 15.0 Å². The Labute approximate surface area is 74.2 Å². The molecule has 0 aliphatic heterocycles. The van der Waals surface area contributed by atoms with Crippen molar-refractivity contribution in [2.45, 2.75) is 6.61 Å². The van der Waals surface area contributed by atoms with Crippen molar-refractivity contribution in [2.24, 2.45) is 0 Å². The van der Waals surface area contributed by atoms with Crippen molar-refractivity contribution in [3.8, 4) is 0 Å². The van der Waals surface area contributed by atoms with Crippen LogP contribution in [0.25, 0.3) is 0 Å². The minimum Gasteiger partial charge on any atom is -0.478 e. The molecular weight excluding hydrogens is 180 g/mol. The van der Waals surface area contributed by atoms with Crippen LogP contribution < -0.4 is 0 Å². The number of hydrogen-bond donors (Lipinski definition) is 1. The summed E-state index contributed by atoms with van der Waals surface area (Å²) >= 11 is 5.57. The van der Waals surface area contributed by atoms with Gasteiger partial charge < -0.3 is 5.11 Å². The van der Waals surface area contributed by atoms with Gasteiger partial charge >= 0.3 is 5.97 Å². The molecule has 1 rings (SSSR count). The Balaban J connectivity index is 3.20. The summed E-state index contributed by atoms with van der Waals surface area (Å²) in [5.74, 6) is -1.10. The summed E-state index contributed by atoms with van der Waals surface area (Å²) in [5, 5.41) is 19.5. The standard InChI is InChI=1S/C8H6ClO3/c9-6-1-2-7(8(11)12)5(3-6)4-10/h1-3H,4H2,(H,11,12). The zero-order valence-electron chi connectivity index (χ0n) is 6.08. The van der Waals surface area contributed by atoms with E-state index in [9.17, 15) is 9.90 Å². The minimum absolute atomic E-state index is 0.0226. The normalized spacial score (nSPS) is 9.83. The van der Waals surface area contributed by atoms with Crippen molar-refractivity contribution in [3.63, 3.8) is 0 Å². The smallest absolute Gasteiger partial charge is 0.336 e. The highest BCUT2D eigenvalue weighted by molar-refractivity contribution is 6.30. The summed E-state index contributed by atoms with van der Waals surface area (Å²) in [6.45, 7) is -0.567. The topological polar surface area (TPSA) is 57.2 Å². The van der Waals surface area contributed by atoms with E-state index in [2.05, 4.69) is 0 Å². The quantitative estimate of drug-likeness (QED) is 0.766. The van der Waals surface area contributed by atoms with Crippen LogP contribution in [0, 0.1) is 0 Å². The maximum Gasteiger partial charge on any atom is 0.336 e. The first kappa shape index (κ1) is 9.03. The number of halogens is 1. The van der Waals surface area contributed by atoms with Crippen molar-refractivity contribution in [1.29, 1.82) is 0 Å². The van der Waals surface area contributed by atoms with Crippen LogP contribution in [0.3, 0.4) is 0 Å². The Kier molecular flexibility index (Phi) is 2.68. The number of benzene rings is 1. The predicted molar refractivity (Wildman–Crippen MR) is 42.8 cm³/mol. The van der Waals surface area contributed by atoms with Gasteiger partial charge in [-0.1, -0.05) is 11.6 Å². The van der Waals surface area contributed by atoms with E-state index in [4.69, 9.17) is 16.7 Å². The number of carbonyl (C=O) groups is 1. The average molecular weight is 186 g/mol. The summed E-state index contributed by atoms with van der Waals surface area (Å²) in [5.41, 5.74) is 0.240. The lowest BCUT2D eigenvalue weighted by molar-refractivity contribution is 0.0690. The molecule has 0 atom stereocenters. The first-order chi connectivity index (χ1) is 5.65. The van der Waals surface area contributed by atoms with Gasteiger partial charge in [-0.15, -0.1) is 0 Å². The number of aromatic carboxylic acids is 1. The van der Waals surface area contributed by atoms with E-state index in [1.165, 1.54) is 18.2 Å². The molecule has 0 spiro atoms. The second-order valence-corrected chi connectivity index (χ2v) is 2.69. The molecule has 0 bridgehead atoms. The maximum absolute atomic E-state index is 10.5. The largest absolute Gasteiger partial charge is 0.478 e. The molecule has 0 aromatic heterocycles. The molecule has 1 radical (unpaired) electrons. The molecule has 12 heavy (non-hydrogen) atoms. The third-order valence-corrected chi connectivity index (χ3v) is 1.69. The molecule has 0 amide bonds. The Hall–Kier alpha value is -1.06. The Morgan fingerprint density at radius 2 is 2.17 bits per heavy atom. The molecule has 0 fully saturated rings. The molecule has 63 valence electrons. The van der Waals surface area contributed by atoms with Crippen LogP contribution in [-0.2, 0) is 11.7 Å². The van der Waals surface area contributed by atoms with Crippen LogP contribution >= 0.6 is 11.6 Å². The van der Waals surface area contributed by atoms with Gasteiger partial charge in [0, 0.05) is 5.02 Å². The van der Waals surface area contributed by atoms with Crippen molar-refractivity contribution in [2.75, 3.05) is 0 Å². The van der Waals surface area contributed by atoms with Crippen LogP contribution in [0.15, 0.2) is 18.2 Å². The number of carboxylic acids is 1. The molecule has 0 saturated carbocycles. The van der Waals surface area contributed by atoms with Gasteiger partial charge in [0.05, 0.1) is 5.56 Å². The fraction of sp³-hybridized carbons (Fsp3) is 0.125. The molecule has 4 heteroatoms. The Morgan fingerprint density at radius 3 is 2.67 bits per heavy atom. The van der Waals surface area contributed by atoms with Crippen LogP contribution in [0.2, 0.25) is 5.02 Å². The van der Waals surface area contributed by atoms with E-state index in [1.54, 1.807) is 0 Å². The summed E-state index contributed by atoms with van der Waals surface area (Å²) in [4.78, 5) is 10.5. The summed E-state index contributed by atoms with van der Waals surface area (Å²) < 4.78 is 0. The minimum atomic E-state index is -1.10. The van der Waals surface area contributed by atoms with E-state index < -0.39 is 12.6 Å². The fourth-order valence-electron chi connectivity index (χ4n) is 0.890. The highest BCUT2D eigenvalue weighted by Crippen LogP contribution is 2.16. The Bertz CT molecular complexity index is 309. The van der Waals surface area contributed by atoms with Gasteiger partial charge in [-0.25, -0.2) is 9.90 Å². The highest BCUT2D eigenvalue weighted by atomic mass is 35.5. The van der Waals surface area contributed by atoms with Crippen LogP contribution in [0.1, 0.15) is 15.9 Å². The highest BCUT2D eigenvalue weighted by Gasteiger charge is 2.09. The van der Waals surface area contributed by atoms with Gasteiger partial charge in [-0.3, -0.25) is 0 Å². The number of carboxylic acid groups (broad SMARTS) is 1. The first-order valence-corrected chi connectivity index (χ1v) is 3.62. The average Bonchev–Trinajstić information content (AvgIpc) is 2.03. The van der Waals surface area contributed by atoms with Crippen LogP contribution in [0.4, 0.5) is 0 Å². The van der Waals surface area contributed by atoms with Crippen molar-refractivity contribution in [1.82, 2.24) is 0 Å². The van der Waals surface area contributed by atoms with E-state index in [1.807, 2.05) is 0 Å². The maximum atomic E-state index is 10.5. The van der Waals surface area contributed by atoms with Crippen LogP contribution in [-0.4, -0.2) is 11.1 Å². The van der Waals surface area contributed by atoms with Crippen molar-refractivity contribution in [3.05, 3.63) is 34.3 Å². The Morgan fingerprint density at radius 1 is 1.50 bits per heavy atom. The molecule has 1 N–H and O–H groups in total. The summed E-state index contributed by atoms with van der Waals surface area (Å²) in [6, 6.07) is 4.15. The van der Waals surface area contributed by atoms with Crippen molar-refractivity contribution >= 4 is 17.6 Å². The predicted octanol–water partition coefficient (Wildman–Crippen LogP) is 1.97. The molecule has 0 heterocycles. The van der Waals surface area contributed by atoms with Gasteiger partial charge in [0.25, 0.3) is 0 Å². The molecule has 0 unspecified atom stereocenters. The van der Waals surface area contributed by atoms with Gasteiger partial charge in [-0.05, 0) is 23.8 Å². The lowest BCUT2D eigenvalue weighted by Crippen LogP contribution is -2.01. The van der Waals surface area contributed by atoms with Gasteiger partial charge in [-0.2, -0.15) is 0 Å². The summed E-state index contributed by atoms with van der Waals surface area (Å²) in [7, 11) is 0. The van der Waals surface area contributed by atoms with E-state index in [-0.39, 0.29) is 11.1 Å². The second-order valence-electron chi connectivity index (χ2n) is 2.25. The van der Waals surface area contributed by atoms with Gasteiger partial charge in [0.1, 0.15) is 6.61 Å². The van der Waals surface area contributed by atoms with E-state index in [0.717, 1.165) is 0 Å². The second kappa shape index (κ2) is 3.56. The van der Waals surface area contributed by atoms with Gasteiger partial charge in [0.15, 0.2) is 0 Å². The fourth-order valence-corrected chi connectivity index (χ4v) is 1.09.